The Balaban J connectivity index is 0.00000261. The normalized spacial score (nSPS) is 17.4. The van der Waals surface area contributed by atoms with Crippen LogP contribution in [0.2, 0.25) is 0 Å². The highest BCUT2D eigenvalue weighted by atomic mass is 127. The summed E-state index contributed by atoms with van der Waals surface area (Å²) in [5, 5.41) is 3.15. The molecule has 7 heteroatoms. The lowest BCUT2D eigenvalue weighted by atomic mass is 10.1. The molecule has 3 rings (SSSR count). The molecule has 0 spiro atoms. The topological polar surface area (TPSA) is 75.8 Å². The summed E-state index contributed by atoms with van der Waals surface area (Å²) in [5.41, 5.74) is 10.4. The number of aromatic nitrogens is 1. The Labute approximate surface area is 178 Å². The fraction of sp³-hybridized carbons (Fsp3) is 0.400. The Morgan fingerprint density at radius 2 is 2.04 bits per heavy atom. The molecule has 1 atom stereocenters. The highest BCUT2D eigenvalue weighted by molar-refractivity contribution is 14.0. The fourth-order valence-electron chi connectivity index (χ4n) is 3.13. The third-order valence-electron chi connectivity index (χ3n) is 4.30. The maximum absolute atomic E-state index is 6.01. The lowest BCUT2D eigenvalue weighted by Crippen LogP contribution is -2.41. The van der Waals surface area contributed by atoms with Crippen molar-refractivity contribution in [2.75, 3.05) is 29.9 Å². The van der Waals surface area contributed by atoms with Crippen molar-refractivity contribution in [3.63, 3.8) is 0 Å². The van der Waals surface area contributed by atoms with Crippen LogP contribution in [-0.2, 0) is 11.3 Å². The van der Waals surface area contributed by atoms with Gasteiger partial charge in [-0.3, -0.25) is 0 Å². The average molecular weight is 481 g/mol. The molecule has 27 heavy (non-hydrogen) atoms. The summed E-state index contributed by atoms with van der Waals surface area (Å²) in [7, 11) is 0. The number of hydrogen-bond acceptors (Lipinski definition) is 4. The van der Waals surface area contributed by atoms with Gasteiger partial charge < -0.3 is 20.7 Å². The predicted molar refractivity (Wildman–Crippen MR) is 122 cm³/mol. The molecular weight excluding hydrogens is 453 g/mol. The number of ether oxygens (including phenoxy) is 1. The molecule has 1 fully saturated rings. The summed E-state index contributed by atoms with van der Waals surface area (Å²) in [4.78, 5) is 11.2. The van der Waals surface area contributed by atoms with Crippen LogP contribution < -0.4 is 16.0 Å². The molecule has 2 heterocycles. The van der Waals surface area contributed by atoms with E-state index in [0.29, 0.717) is 12.5 Å². The van der Waals surface area contributed by atoms with Crippen molar-refractivity contribution >= 4 is 41.4 Å². The number of nitrogens with zero attached hydrogens (tertiary/aromatic N) is 3. The second-order valence-electron chi connectivity index (χ2n) is 6.85. The quantitative estimate of drug-likeness (QED) is 0.398. The van der Waals surface area contributed by atoms with Gasteiger partial charge in [-0.2, -0.15) is 0 Å². The monoisotopic (exact) mass is 481 g/mol. The molecule has 0 radical (unpaired) electrons. The molecule has 0 aliphatic carbocycles. The number of hydrogen-bond donors (Lipinski definition) is 2. The van der Waals surface area contributed by atoms with E-state index in [1.54, 1.807) is 0 Å². The molecule has 1 unspecified atom stereocenters. The van der Waals surface area contributed by atoms with Crippen molar-refractivity contribution in [2.24, 2.45) is 10.7 Å². The Kier molecular flexibility index (Phi) is 7.85. The number of pyridine rings is 1. The zero-order valence-electron chi connectivity index (χ0n) is 16.1. The van der Waals surface area contributed by atoms with E-state index >= 15 is 0 Å². The number of rotatable bonds is 4. The molecule has 1 aromatic heterocycles. The van der Waals surface area contributed by atoms with Crippen LogP contribution >= 0.6 is 24.0 Å². The van der Waals surface area contributed by atoms with E-state index < -0.39 is 0 Å². The molecule has 1 saturated heterocycles. The van der Waals surface area contributed by atoms with E-state index in [1.807, 2.05) is 12.3 Å². The van der Waals surface area contributed by atoms with E-state index in [4.69, 9.17) is 10.5 Å². The highest BCUT2D eigenvalue weighted by Crippen LogP contribution is 2.16. The Bertz CT molecular complexity index is 758. The van der Waals surface area contributed by atoms with Crippen molar-refractivity contribution in [3.8, 4) is 0 Å². The first-order valence-electron chi connectivity index (χ1n) is 8.96. The standard InChI is InChI=1S/C20H27N5O.HI/c1-14-8-15(2)10-18(9-14)24-20(21)23-12-17-4-5-19(22-11-17)25-6-7-26-16(3)13-25;/h4-5,8-11,16H,6-7,12-13H2,1-3H3,(H3,21,23,24);1H. The van der Waals surface area contributed by atoms with Gasteiger partial charge in [-0.25, -0.2) is 9.98 Å². The SMILES string of the molecule is Cc1cc(C)cc(NC(N)=NCc2ccc(N3CCOC(C)C3)nc2)c1.I. The van der Waals surface area contributed by atoms with E-state index in [2.05, 4.69) is 65.2 Å². The molecule has 146 valence electrons. The summed E-state index contributed by atoms with van der Waals surface area (Å²) in [6.07, 6.45) is 2.11. The lowest BCUT2D eigenvalue weighted by molar-refractivity contribution is 0.0529. The number of guanidine groups is 1. The van der Waals surface area contributed by atoms with Gasteiger partial charge in [0.05, 0.1) is 19.3 Å². The van der Waals surface area contributed by atoms with Crippen molar-refractivity contribution in [3.05, 3.63) is 53.2 Å². The number of benzene rings is 1. The number of morpholine rings is 1. The molecule has 1 aliphatic rings. The van der Waals surface area contributed by atoms with Gasteiger partial charge >= 0.3 is 0 Å². The van der Waals surface area contributed by atoms with Gasteiger partial charge in [0.2, 0.25) is 0 Å². The summed E-state index contributed by atoms with van der Waals surface area (Å²) < 4.78 is 5.57. The maximum atomic E-state index is 6.01. The molecule has 2 aromatic rings. The number of nitrogens with one attached hydrogen (secondary N) is 1. The zero-order valence-corrected chi connectivity index (χ0v) is 18.4. The lowest BCUT2D eigenvalue weighted by Gasteiger charge is -2.32. The van der Waals surface area contributed by atoms with Crippen LogP contribution in [-0.4, -0.2) is 36.7 Å². The number of aryl methyl sites for hydroxylation is 2. The molecule has 0 amide bonds. The number of anilines is 2. The van der Waals surface area contributed by atoms with Crippen molar-refractivity contribution in [1.82, 2.24) is 4.98 Å². The first kappa shape index (κ1) is 21.4. The first-order valence-corrected chi connectivity index (χ1v) is 8.96. The number of nitrogens with two attached hydrogens (primary N) is 1. The van der Waals surface area contributed by atoms with E-state index in [-0.39, 0.29) is 30.1 Å². The first-order chi connectivity index (χ1) is 12.5. The summed E-state index contributed by atoms with van der Waals surface area (Å²) in [5.74, 6) is 1.38. The van der Waals surface area contributed by atoms with Gasteiger partial charge in [0.15, 0.2) is 5.96 Å². The third-order valence-corrected chi connectivity index (χ3v) is 4.30. The second kappa shape index (κ2) is 9.89. The van der Waals surface area contributed by atoms with E-state index in [0.717, 1.165) is 36.8 Å². The molecule has 1 aromatic carbocycles. The fourth-order valence-corrected chi connectivity index (χ4v) is 3.13. The molecule has 6 nitrogen and oxygen atoms in total. The van der Waals surface area contributed by atoms with Gasteiger partial charge in [0.25, 0.3) is 0 Å². The summed E-state index contributed by atoms with van der Waals surface area (Å²) in [6.45, 7) is 9.20. The molecule has 0 saturated carbocycles. The van der Waals surface area contributed by atoms with Gasteiger partial charge in [-0.1, -0.05) is 12.1 Å². The Morgan fingerprint density at radius 3 is 2.67 bits per heavy atom. The largest absolute Gasteiger partial charge is 0.375 e. The van der Waals surface area contributed by atoms with Gasteiger partial charge in [-0.05, 0) is 55.7 Å². The molecule has 3 N–H and O–H groups in total. The third kappa shape index (κ3) is 6.35. The van der Waals surface area contributed by atoms with E-state index in [9.17, 15) is 0 Å². The van der Waals surface area contributed by atoms with Crippen LogP contribution in [0.5, 0.6) is 0 Å². The number of halogens is 1. The smallest absolute Gasteiger partial charge is 0.193 e. The zero-order chi connectivity index (χ0) is 18.5. The van der Waals surface area contributed by atoms with Crippen LogP contribution in [0.25, 0.3) is 0 Å². The van der Waals surface area contributed by atoms with E-state index in [1.165, 1.54) is 11.1 Å². The van der Waals surface area contributed by atoms with Crippen molar-refractivity contribution in [1.29, 1.82) is 0 Å². The predicted octanol–water partition coefficient (Wildman–Crippen LogP) is 3.47. The van der Waals surface area contributed by atoms with Gasteiger partial charge in [-0.15, -0.1) is 24.0 Å². The Morgan fingerprint density at radius 1 is 1.30 bits per heavy atom. The average Bonchev–Trinajstić information content (AvgIpc) is 2.59. The van der Waals surface area contributed by atoms with Crippen LogP contribution in [0.3, 0.4) is 0 Å². The highest BCUT2D eigenvalue weighted by Gasteiger charge is 2.17. The molecule has 0 bridgehead atoms. The van der Waals surface area contributed by atoms with Gasteiger partial charge in [0.1, 0.15) is 5.82 Å². The van der Waals surface area contributed by atoms with Crippen LogP contribution in [0, 0.1) is 13.8 Å². The second-order valence-corrected chi connectivity index (χ2v) is 6.85. The Hall–Kier alpha value is -1.87. The van der Waals surface area contributed by atoms with Crippen molar-refractivity contribution < 1.29 is 4.74 Å². The molecule has 1 aliphatic heterocycles. The minimum absolute atomic E-state index is 0. The van der Waals surface area contributed by atoms with Crippen LogP contribution in [0.4, 0.5) is 11.5 Å². The minimum Gasteiger partial charge on any atom is -0.375 e. The summed E-state index contributed by atoms with van der Waals surface area (Å²) >= 11 is 0. The maximum Gasteiger partial charge on any atom is 0.193 e. The van der Waals surface area contributed by atoms with Crippen LogP contribution in [0.15, 0.2) is 41.5 Å². The minimum atomic E-state index is 0. The van der Waals surface area contributed by atoms with Gasteiger partial charge in [0, 0.05) is 25.0 Å². The van der Waals surface area contributed by atoms with Crippen molar-refractivity contribution in [2.45, 2.75) is 33.4 Å². The summed E-state index contributed by atoms with van der Waals surface area (Å²) in [6, 6.07) is 10.3. The number of aliphatic imine (C=N–C) groups is 1. The van der Waals surface area contributed by atoms with Crippen LogP contribution in [0.1, 0.15) is 23.6 Å². The molecular formula is C20H28IN5O.